The number of anilines is 1. The van der Waals surface area contributed by atoms with E-state index in [2.05, 4.69) is 15.9 Å². The Morgan fingerprint density at radius 1 is 1.47 bits per heavy atom. The van der Waals surface area contributed by atoms with Crippen molar-refractivity contribution in [1.82, 2.24) is 4.90 Å². The zero-order valence-electron chi connectivity index (χ0n) is 10.6. The number of carbonyl (C=O) groups excluding carboxylic acids is 1. The normalized spacial score (nSPS) is 15.5. The van der Waals surface area contributed by atoms with E-state index in [1.807, 2.05) is 30.1 Å². The maximum Gasteiger partial charge on any atom is 0.266 e. The molecule has 0 spiro atoms. The number of hydrogen-bond donors (Lipinski definition) is 1. The zero-order chi connectivity index (χ0) is 13.6. The number of amides is 1. The van der Waals surface area contributed by atoms with Crippen LogP contribution in [-0.2, 0) is 0 Å². The van der Waals surface area contributed by atoms with Crippen LogP contribution in [0.4, 0.5) is 5.69 Å². The van der Waals surface area contributed by atoms with Crippen molar-refractivity contribution in [3.63, 3.8) is 0 Å². The van der Waals surface area contributed by atoms with E-state index in [-0.39, 0.29) is 5.91 Å². The second kappa shape index (κ2) is 4.80. The number of nitrogen functional groups attached to an aromatic ring is 1. The van der Waals surface area contributed by atoms with Gasteiger partial charge in [0.25, 0.3) is 5.91 Å². The van der Waals surface area contributed by atoms with Crippen LogP contribution in [0.25, 0.3) is 10.1 Å². The number of benzene rings is 1. The molecular formula is C14H15BrN2OS. The lowest BCUT2D eigenvalue weighted by atomic mass is 9.92. The summed E-state index contributed by atoms with van der Waals surface area (Å²) >= 11 is 4.98. The molecule has 19 heavy (non-hydrogen) atoms. The minimum atomic E-state index is 0.0512. The van der Waals surface area contributed by atoms with Crippen molar-refractivity contribution in [2.75, 3.05) is 12.8 Å². The molecule has 0 aliphatic heterocycles. The highest BCUT2D eigenvalue weighted by Crippen LogP contribution is 2.39. The Morgan fingerprint density at radius 2 is 2.21 bits per heavy atom. The number of nitrogens with zero attached hydrogens (tertiary/aromatic N) is 1. The fourth-order valence-electron chi connectivity index (χ4n) is 2.39. The van der Waals surface area contributed by atoms with Crippen molar-refractivity contribution in [2.45, 2.75) is 25.3 Å². The van der Waals surface area contributed by atoms with Crippen LogP contribution in [0.2, 0.25) is 0 Å². The summed E-state index contributed by atoms with van der Waals surface area (Å²) in [6.45, 7) is 0. The van der Waals surface area contributed by atoms with Gasteiger partial charge in [0.2, 0.25) is 0 Å². The molecule has 100 valence electrons. The maximum atomic E-state index is 12.5. The van der Waals surface area contributed by atoms with Crippen molar-refractivity contribution in [3.8, 4) is 0 Å². The molecule has 3 rings (SSSR count). The maximum absolute atomic E-state index is 12.5. The highest BCUT2D eigenvalue weighted by Gasteiger charge is 2.29. The summed E-state index contributed by atoms with van der Waals surface area (Å²) in [5.41, 5.74) is 6.77. The van der Waals surface area contributed by atoms with Crippen molar-refractivity contribution in [3.05, 3.63) is 27.5 Å². The van der Waals surface area contributed by atoms with Gasteiger partial charge in [0.1, 0.15) is 4.88 Å². The molecule has 1 heterocycles. The van der Waals surface area contributed by atoms with Gasteiger partial charge in [0, 0.05) is 27.6 Å². The first-order chi connectivity index (χ1) is 9.09. The Morgan fingerprint density at radius 3 is 2.79 bits per heavy atom. The lowest BCUT2D eigenvalue weighted by Crippen LogP contribution is -2.41. The van der Waals surface area contributed by atoms with Gasteiger partial charge < -0.3 is 10.6 Å². The molecule has 1 aliphatic carbocycles. The second-order valence-corrected chi connectivity index (χ2v) is 6.87. The predicted molar refractivity (Wildman–Crippen MR) is 83.7 cm³/mol. The Labute approximate surface area is 124 Å². The molecule has 1 aliphatic rings. The minimum Gasteiger partial charge on any atom is -0.397 e. The molecule has 2 N–H and O–H groups in total. The number of carbonyl (C=O) groups is 1. The van der Waals surface area contributed by atoms with Gasteiger partial charge in [0.15, 0.2) is 0 Å². The van der Waals surface area contributed by atoms with Gasteiger partial charge in [-0.1, -0.05) is 22.0 Å². The first kappa shape index (κ1) is 12.9. The molecule has 3 nitrogen and oxygen atoms in total. The molecule has 0 radical (unpaired) electrons. The first-order valence-electron chi connectivity index (χ1n) is 6.33. The summed E-state index contributed by atoms with van der Waals surface area (Å²) in [6, 6.07) is 6.31. The summed E-state index contributed by atoms with van der Waals surface area (Å²) < 4.78 is 2.00. The molecule has 0 atom stereocenters. The van der Waals surface area contributed by atoms with Gasteiger partial charge >= 0.3 is 0 Å². The number of thiophene rings is 1. The molecule has 5 heteroatoms. The third-order valence-corrected chi connectivity index (χ3v) is 5.66. The molecule has 2 aromatic rings. The number of hydrogen-bond acceptors (Lipinski definition) is 3. The molecule has 1 fully saturated rings. The van der Waals surface area contributed by atoms with E-state index in [1.54, 1.807) is 0 Å². The van der Waals surface area contributed by atoms with Crippen LogP contribution in [0.3, 0.4) is 0 Å². The third kappa shape index (κ3) is 2.05. The van der Waals surface area contributed by atoms with Gasteiger partial charge in [-0.3, -0.25) is 4.79 Å². The average Bonchev–Trinajstić information content (AvgIpc) is 2.65. The van der Waals surface area contributed by atoms with Crippen LogP contribution in [0.5, 0.6) is 0 Å². The summed E-state index contributed by atoms with van der Waals surface area (Å²) in [5.74, 6) is 0.0512. The van der Waals surface area contributed by atoms with Crippen LogP contribution in [0.15, 0.2) is 22.7 Å². The quantitative estimate of drug-likeness (QED) is 0.903. The van der Waals surface area contributed by atoms with Gasteiger partial charge in [-0.05, 0) is 31.4 Å². The fraction of sp³-hybridized carbons (Fsp3) is 0.357. The lowest BCUT2D eigenvalue weighted by Gasteiger charge is -2.34. The standard InChI is InChI=1S/C14H15BrN2OS/c1-17(8-4-2-5-8)14(18)13-12(16)11-9(15)6-3-7-10(11)19-13/h3,6-8H,2,4-5,16H2,1H3. The fourth-order valence-corrected chi connectivity index (χ4v) is 4.23. The van der Waals surface area contributed by atoms with E-state index in [9.17, 15) is 4.79 Å². The number of fused-ring (bicyclic) bond motifs is 1. The summed E-state index contributed by atoms with van der Waals surface area (Å²) in [6.07, 6.45) is 3.43. The van der Waals surface area contributed by atoms with E-state index in [0.717, 1.165) is 27.4 Å². The molecule has 1 aromatic carbocycles. The average molecular weight is 339 g/mol. The monoisotopic (exact) mass is 338 g/mol. The van der Waals surface area contributed by atoms with Gasteiger partial charge in [0.05, 0.1) is 5.69 Å². The van der Waals surface area contributed by atoms with Crippen molar-refractivity contribution < 1.29 is 4.79 Å². The van der Waals surface area contributed by atoms with E-state index in [4.69, 9.17) is 5.73 Å². The molecule has 1 saturated carbocycles. The van der Waals surface area contributed by atoms with Crippen molar-refractivity contribution >= 4 is 48.9 Å². The predicted octanol–water partition coefficient (Wildman–Crippen LogP) is 3.87. The minimum absolute atomic E-state index is 0.0512. The molecule has 0 unspecified atom stereocenters. The lowest BCUT2D eigenvalue weighted by molar-refractivity contribution is 0.0658. The Balaban J connectivity index is 2.03. The van der Waals surface area contributed by atoms with E-state index >= 15 is 0 Å². The molecule has 0 saturated heterocycles. The first-order valence-corrected chi connectivity index (χ1v) is 7.94. The highest BCUT2D eigenvalue weighted by molar-refractivity contribution is 9.10. The molecular weight excluding hydrogens is 324 g/mol. The number of rotatable bonds is 2. The zero-order valence-corrected chi connectivity index (χ0v) is 13.1. The van der Waals surface area contributed by atoms with Crippen LogP contribution < -0.4 is 5.73 Å². The highest BCUT2D eigenvalue weighted by atomic mass is 79.9. The Kier molecular flexibility index (Phi) is 3.27. The molecule has 1 amide bonds. The van der Waals surface area contributed by atoms with Crippen LogP contribution in [0.1, 0.15) is 28.9 Å². The van der Waals surface area contributed by atoms with Crippen LogP contribution in [0, 0.1) is 0 Å². The molecule has 0 bridgehead atoms. The summed E-state index contributed by atoms with van der Waals surface area (Å²) in [4.78, 5) is 15.0. The van der Waals surface area contributed by atoms with Crippen LogP contribution in [-0.4, -0.2) is 23.9 Å². The third-order valence-electron chi connectivity index (χ3n) is 3.84. The Hall–Kier alpha value is -1.07. The van der Waals surface area contributed by atoms with Gasteiger partial charge in [-0.2, -0.15) is 0 Å². The molecule has 1 aromatic heterocycles. The van der Waals surface area contributed by atoms with E-state index in [1.165, 1.54) is 17.8 Å². The topological polar surface area (TPSA) is 46.3 Å². The summed E-state index contributed by atoms with van der Waals surface area (Å²) in [5, 5.41) is 0.956. The number of halogens is 1. The summed E-state index contributed by atoms with van der Waals surface area (Å²) in [7, 11) is 1.88. The largest absolute Gasteiger partial charge is 0.397 e. The van der Waals surface area contributed by atoms with E-state index < -0.39 is 0 Å². The van der Waals surface area contributed by atoms with Gasteiger partial charge in [-0.25, -0.2) is 0 Å². The van der Waals surface area contributed by atoms with Crippen molar-refractivity contribution in [2.24, 2.45) is 0 Å². The Bertz CT molecular complexity index is 648. The SMILES string of the molecule is CN(C(=O)c1sc2cccc(Br)c2c1N)C1CCC1. The number of nitrogens with two attached hydrogens (primary N) is 1. The van der Waals surface area contributed by atoms with Crippen molar-refractivity contribution in [1.29, 1.82) is 0 Å². The van der Waals surface area contributed by atoms with Crippen LogP contribution >= 0.6 is 27.3 Å². The van der Waals surface area contributed by atoms with Gasteiger partial charge in [-0.15, -0.1) is 11.3 Å². The second-order valence-electron chi connectivity index (χ2n) is 4.96. The van der Waals surface area contributed by atoms with E-state index in [0.29, 0.717) is 16.6 Å². The smallest absolute Gasteiger partial charge is 0.266 e.